The number of hydrogen-bond donors (Lipinski definition) is 3. The van der Waals surface area contributed by atoms with Gasteiger partial charge in [0.15, 0.2) is 0 Å². The van der Waals surface area contributed by atoms with Crippen molar-refractivity contribution in [3.05, 3.63) is 0 Å². The minimum atomic E-state index is 0.274. The monoisotopic (exact) mass is 158 g/mol. The molecule has 2 aliphatic carbocycles. The summed E-state index contributed by atoms with van der Waals surface area (Å²) in [5.74, 6) is 0. The van der Waals surface area contributed by atoms with E-state index in [1.54, 1.807) is 0 Å². The van der Waals surface area contributed by atoms with Gasteiger partial charge in [-0.15, -0.1) is 0 Å². The minimum Gasteiger partial charge on any atom is -0.395 e. The molecule has 0 aromatic rings. The van der Waals surface area contributed by atoms with E-state index in [-0.39, 0.29) is 6.61 Å². The largest absolute Gasteiger partial charge is 0.395 e. The second kappa shape index (κ2) is 4.70. The Hall–Kier alpha value is -0.120. The van der Waals surface area contributed by atoms with Gasteiger partial charge in [-0.3, -0.25) is 0 Å². The topological polar surface area (TPSA) is 58.3 Å². The Balaban J connectivity index is 0.000000128. The van der Waals surface area contributed by atoms with Crippen LogP contribution in [0.5, 0.6) is 0 Å². The van der Waals surface area contributed by atoms with E-state index in [2.05, 4.69) is 5.32 Å². The predicted octanol–water partition coefficient (Wildman–Crippen LogP) is -0.162. The van der Waals surface area contributed by atoms with E-state index in [0.29, 0.717) is 6.04 Å². The third-order valence-electron chi connectivity index (χ3n) is 1.74. The van der Waals surface area contributed by atoms with Gasteiger partial charge in [-0.05, 0) is 25.7 Å². The van der Waals surface area contributed by atoms with E-state index in [0.717, 1.165) is 12.6 Å². The summed E-state index contributed by atoms with van der Waals surface area (Å²) in [4.78, 5) is 0. The molecule has 11 heavy (non-hydrogen) atoms. The van der Waals surface area contributed by atoms with Gasteiger partial charge < -0.3 is 16.2 Å². The first-order valence-electron chi connectivity index (χ1n) is 4.42. The van der Waals surface area contributed by atoms with Gasteiger partial charge in [-0.1, -0.05) is 0 Å². The van der Waals surface area contributed by atoms with E-state index in [1.165, 1.54) is 25.7 Å². The molecule has 2 fully saturated rings. The van der Waals surface area contributed by atoms with Crippen LogP contribution in [0.1, 0.15) is 25.7 Å². The van der Waals surface area contributed by atoms with E-state index in [4.69, 9.17) is 10.8 Å². The molecule has 0 bridgehead atoms. The molecule has 0 heterocycles. The number of nitrogens with two attached hydrogens (primary N) is 1. The second-order valence-electron chi connectivity index (χ2n) is 3.29. The summed E-state index contributed by atoms with van der Waals surface area (Å²) in [7, 11) is 0. The quantitative estimate of drug-likeness (QED) is 0.535. The molecular formula is C8H18N2O. The van der Waals surface area contributed by atoms with Gasteiger partial charge in [-0.25, -0.2) is 0 Å². The van der Waals surface area contributed by atoms with Gasteiger partial charge in [0.05, 0.1) is 6.61 Å². The molecule has 0 unspecified atom stereocenters. The molecule has 0 aromatic heterocycles. The number of hydrogen-bond acceptors (Lipinski definition) is 3. The highest BCUT2D eigenvalue weighted by Crippen LogP contribution is 2.17. The van der Waals surface area contributed by atoms with Crippen LogP contribution in [0, 0.1) is 0 Å². The van der Waals surface area contributed by atoms with Gasteiger partial charge >= 0.3 is 0 Å². The molecule has 2 rings (SSSR count). The zero-order valence-electron chi connectivity index (χ0n) is 6.92. The highest BCUT2D eigenvalue weighted by atomic mass is 16.3. The van der Waals surface area contributed by atoms with E-state index < -0.39 is 0 Å². The van der Waals surface area contributed by atoms with Crippen molar-refractivity contribution in [3.63, 3.8) is 0 Å². The molecule has 4 N–H and O–H groups in total. The van der Waals surface area contributed by atoms with Gasteiger partial charge in [-0.2, -0.15) is 0 Å². The average molecular weight is 158 g/mol. The smallest absolute Gasteiger partial charge is 0.0556 e. The van der Waals surface area contributed by atoms with Crippen molar-refractivity contribution in [2.24, 2.45) is 5.73 Å². The van der Waals surface area contributed by atoms with E-state index in [9.17, 15) is 0 Å². The van der Waals surface area contributed by atoms with Crippen molar-refractivity contribution in [1.29, 1.82) is 0 Å². The third kappa shape index (κ3) is 6.28. The van der Waals surface area contributed by atoms with Gasteiger partial charge in [0.2, 0.25) is 0 Å². The Morgan fingerprint density at radius 3 is 2.09 bits per heavy atom. The maximum absolute atomic E-state index is 8.28. The van der Waals surface area contributed by atoms with Crippen molar-refractivity contribution >= 4 is 0 Å². The molecule has 3 heteroatoms. The van der Waals surface area contributed by atoms with Crippen LogP contribution in [0.2, 0.25) is 0 Å². The van der Waals surface area contributed by atoms with Crippen molar-refractivity contribution < 1.29 is 5.11 Å². The molecule has 66 valence electrons. The van der Waals surface area contributed by atoms with Crippen LogP contribution < -0.4 is 11.1 Å². The maximum atomic E-state index is 8.28. The summed E-state index contributed by atoms with van der Waals surface area (Å²) < 4.78 is 0. The Bertz CT molecular complexity index is 100. The van der Waals surface area contributed by atoms with Crippen molar-refractivity contribution in [2.75, 3.05) is 13.2 Å². The molecule has 0 radical (unpaired) electrons. The van der Waals surface area contributed by atoms with Crippen molar-refractivity contribution in [2.45, 2.75) is 37.8 Å². The van der Waals surface area contributed by atoms with E-state index >= 15 is 0 Å². The fraction of sp³-hybridized carbons (Fsp3) is 1.00. The molecular weight excluding hydrogens is 140 g/mol. The predicted molar refractivity (Wildman–Crippen MR) is 45.3 cm³/mol. The summed E-state index contributed by atoms with van der Waals surface area (Å²) in [5, 5.41) is 11.4. The number of nitrogens with one attached hydrogen (secondary N) is 1. The van der Waals surface area contributed by atoms with Crippen molar-refractivity contribution in [3.8, 4) is 0 Å². The molecule has 0 spiro atoms. The third-order valence-corrected chi connectivity index (χ3v) is 1.74. The fourth-order valence-corrected chi connectivity index (χ4v) is 0.652. The van der Waals surface area contributed by atoms with Gasteiger partial charge in [0, 0.05) is 18.6 Å². The molecule has 2 aliphatic rings. The van der Waals surface area contributed by atoms with Crippen LogP contribution in [0.15, 0.2) is 0 Å². The van der Waals surface area contributed by atoms with Crippen LogP contribution in [0.25, 0.3) is 0 Å². The lowest BCUT2D eigenvalue weighted by Crippen LogP contribution is -2.19. The lowest BCUT2D eigenvalue weighted by molar-refractivity contribution is 0.291. The first-order valence-corrected chi connectivity index (χ1v) is 4.42. The molecule has 0 aliphatic heterocycles. The Morgan fingerprint density at radius 1 is 1.27 bits per heavy atom. The molecule has 0 saturated heterocycles. The van der Waals surface area contributed by atoms with Gasteiger partial charge in [0.25, 0.3) is 0 Å². The lowest BCUT2D eigenvalue weighted by atomic mass is 10.6. The van der Waals surface area contributed by atoms with Crippen LogP contribution in [0.4, 0.5) is 0 Å². The average Bonchev–Trinajstić information content (AvgIpc) is 2.81. The van der Waals surface area contributed by atoms with Gasteiger partial charge in [0.1, 0.15) is 0 Å². The Labute approximate surface area is 68.0 Å². The first-order chi connectivity index (χ1) is 5.33. The lowest BCUT2D eigenvalue weighted by Gasteiger charge is -1.94. The molecule has 0 atom stereocenters. The van der Waals surface area contributed by atoms with Crippen molar-refractivity contribution in [1.82, 2.24) is 5.32 Å². The normalized spacial score (nSPS) is 22.4. The number of rotatable bonds is 3. The SMILES string of the molecule is NC1CC1.OCCNC1CC1. The fourth-order valence-electron chi connectivity index (χ4n) is 0.652. The van der Waals surface area contributed by atoms with Crippen LogP contribution in [0.3, 0.4) is 0 Å². The Morgan fingerprint density at radius 2 is 1.82 bits per heavy atom. The zero-order valence-corrected chi connectivity index (χ0v) is 6.92. The Kier molecular flexibility index (Phi) is 3.83. The summed E-state index contributed by atoms with van der Waals surface area (Å²) in [6.07, 6.45) is 5.14. The van der Waals surface area contributed by atoms with Crippen LogP contribution >= 0.6 is 0 Å². The second-order valence-corrected chi connectivity index (χ2v) is 3.29. The summed E-state index contributed by atoms with van der Waals surface area (Å²) >= 11 is 0. The summed E-state index contributed by atoms with van der Waals surface area (Å²) in [6.45, 7) is 1.04. The minimum absolute atomic E-state index is 0.274. The zero-order chi connectivity index (χ0) is 8.10. The summed E-state index contributed by atoms with van der Waals surface area (Å²) in [6, 6.07) is 1.33. The number of aliphatic hydroxyl groups excluding tert-OH is 1. The first kappa shape index (κ1) is 8.97. The molecule has 2 saturated carbocycles. The maximum Gasteiger partial charge on any atom is 0.0556 e. The summed E-state index contributed by atoms with van der Waals surface area (Å²) in [5.41, 5.74) is 5.22. The highest BCUT2D eigenvalue weighted by Gasteiger charge is 2.19. The molecule has 0 aromatic carbocycles. The molecule has 0 amide bonds. The highest BCUT2D eigenvalue weighted by molar-refractivity contribution is 4.80. The molecule has 3 nitrogen and oxygen atoms in total. The van der Waals surface area contributed by atoms with Crippen LogP contribution in [-0.2, 0) is 0 Å². The number of aliphatic hydroxyl groups is 1. The standard InChI is InChI=1S/C5H11NO.C3H7N/c7-4-3-6-5-1-2-5;4-3-1-2-3/h5-7H,1-4H2;3H,1-2,4H2. The van der Waals surface area contributed by atoms with Crippen LogP contribution in [-0.4, -0.2) is 30.3 Å². The van der Waals surface area contributed by atoms with E-state index in [1.807, 2.05) is 0 Å².